The Balaban J connectivity index is 1.70. The molecule has 1 heterocycles. The van der Waals surface area contributed by atoms with Crippen LogP contribution in [0.5, 0.6) is 0 Å². The number of nitrogens with zero attached hydrogens (tertiary/aromatic N) is 3. The number of carbonyl (C=O) groups is 1. The quantitative estimate of drug-likeness (QED) is 0.883. The molecule has 2 aromatic rings. The number of aromatic amines is 1. The van der Waals surface area contributed by atoms with Crippen LogP contribution < -0.4 is 0 Å². The van der Waals surface area contributed by atoms with Crippen LogP contribution in [0.15, 0.2) is 36.8 Å². The number of imidazole rings is 1. The van der Waals surface area contributed by atoms with E-state index in [1.165, 1.54) is 11.1 Å². The molecule has 0 saturated heterocycles. The van der Waals surface area contributed by atoms with Gasteiger partial charge in [0.15, 0.2) is 0 Å². The van der Waals surface area contributed by atoms with Gasteiger partial charge in [0.2, 0.25) is 5.91 Å². The Bertz CT molecular complexity index is 626. The Labute approximate surface area is 137 Å². The van der Waals surface area contributed by atoms with Gasteiger partial charge in [-0.2, -0.15) is 0 Å². The smallest absolute Gasteiger partial charge is 0.226 e. The molecule has 1 aromatic carbocycles. The lowest BCUT2D eigenvalue weighted by molar-refractivity contribution is -0.136. The largest absolute Gasteiger partial charge is 0.347 e. The van der Waals surface area contributed by atoms with Gasteiger partial charge in [-0.3, -0.25) is 4.79 Å². The van der Waals surface area contributed by atoms with Gasteiger partial charge in [-0.05, 0) is 38.1 Å². The van der Waals surface area contributed by atoms with E-state index in [1.54, 1.807) is 12.5 Å². The zero-order chi connectivity index (χ0) is 16.2. The number of H-pyrrole nitrogens is 1. The SMILES string of the molecule is CN(C)CCN(Cc1cnc[nH]1)C(=O)C1Cc2ccccc2C1. The van der Waals surface area contributed by atoms with Crippen molar-refractivity contribution in [1.82, 2.24) is 19.8 Å². The van der Waals surface area contributed by atoms with Gasteiger partial charge in [0.25, 0.3) is 0 Å². The Hall–Kier alpha value is -2.14. The summed E-state index contributed by atoms with van der Waals surface area (Å²) in [6.07, 6.45) is 5.17. The lowest BCUT2D eigenvalue weighted by Crippen LogP contribution is -2.40. The van der Waals surface area contributed by atoms with E-state index in [0.717, 1.165) is 31.6 Å². The molecule has 0 fully saturated rings. The Morgan fingerprint density at radius 2 is 1.91 bits per heavy atom. The second-order valence-corrected chi connectivity index (χ2v) is 6.51. The molecule has 1 amide bonds. The Morgan fingerprint density at radius 1 is 1.22 bits per heavy atom. The maximum Gasteiger partial charge on any atom is 0.226 e. The van der Waals surface area contributed by atoms with Crippen molar-refractivity contribution in [2.24, 2.45) is 5.92 Å². The predicted molar refractivity (Wildman–Crippen MR) is 89.9 cm³/mol. The second kappa shape index (κ2) is 6.96. The minimum Gasteiger partial charge on any atom is -0.347 e. The molecule has 5 heteroatoms. The highest BCUT2D eigenvalue weighted by molar-refractivity contribution is 5.80. The van der Waals surface area contributed by atoms with Crippen LogP contribution in [0.2, 0.25) is 0 Å². The minimum atomic E-state index is 0.0671. The first-order valence-electron chi connectivity index (χ1n) is 8.11. The van der Waals surface area contributed by atoms with Crippen molar-refractivity contribution in [3.63, 3.8) is 0 Å². The van der Waals surface area contributed by atoms with Crippen molar-refractivity contribution in [1.29, 1.82) is 0 Å². The zero-order valence-electron chi connectivity index (χ0n) is 13.8. The van der Waals surface area contributed by atoms with E-state index in [4.69, 9.17) is 0 Å². The van der Waals surface area contributed by atoms with E-state index in [1.807, 2.05) is 19.0 Å². The normalized spacial score (nSPS) is 14.2. The van der Waals surface area contributed by atoms with E-state index in [0.29, 0.717) is 6.54 Å². The number of benzene rings is 1. The van der Waals surface area contributed by atoms with Crippen molar-refractivity contribution in [3.8, 4) is 0 Å². The lowest BCUT2D eigenvalue weighted by Gasteiger charge is -2.26. The van der Waals surface area contributed by atoms with Crippen molar-refractivity contribution < 1.29 is 4.79 Å². The first-order valence-corrected chi connectivity index (χ1v) is 8.11. The van der Waals surface area contributed by atoms with Crippen LogP contribution in [-0.4, -0.2) is 52.9 Å². The van der Waals surface area contributed by atoms with Gasteiger partial charge in [0, 0.05) is 25.2 Å². The van der Waals surface area contributed by atoms with Gasteiger partial charge in [-0.25, -0.2) is 4.98 Å². The standard InChI is InChI=1S/C18H24N4O/c1-21(2)7-8-22(12-17-11-19-13-20-17)18(23)16-9-14-5-3-4-6-15(14)10-16/h3-6,11,13,16H,7-10,12H2,1-2H3,(H,19,20). The Kier molecular flexibility index (Phi) is 4.76. The van der Waals surface area contributed by atoms with Crippen LogP contribution in [0.4, 0.5) is 0 Å². The molecule has 0 radical (unpaired) electrons. The van der Waals surface area contributed by atoms with Gasteiger partial charge >= 0.3 is 0 Å². The van der Waals surface area contributed by atoms with Crippen LogP contribution in [0.3, 0.4) is 0 Å². The van der Waals surface area contributed by atoms with Crippen molar-refractivity contribution in [3.05, 3.63) is 53.6 Å². The average Bonchev–Trinajstić information content (AvgIpc) is 3.19. The van der Waals surface area contributed by atoms with Gasteiger partial charge in [0.05, 0.1) is 18.6 Å². The number of aromatic nitrogens is 2. The molecule has 23 heavy (non-hydrogen) atoms. The lowest BCUT2D eigenvalue weighted by atomic mass is 10.0. The summed E-state index contributed by atoms with van der Waals surface area (Å²) in [5.74, 6) is 0.315. The van der Waals surface area contributed by atoms with E-state index in [-0.39, 0.29) is 11.8 Å². The molecular weight excluding hydrogens is 288 g/mol. The van der Waals surface area contributed by atoms with Gasteiger partial charge < -0.3 is 14.8 Å². The number of nitrogens with one attached hydrogen (secondary N) is 1. The number of likely N-dealkylation sites (N-methyl/N-ethyl adjacent to an activating group) is 1. The Morgan fingerprint density at radius 3 is 2.48 bits per heavy atom. The number of rotatable bonds is 6. The third-order valence-electron chi connectivity index (χ3n) is 4.45. The molecular formula is C18H24N4O. The molecule has 0 unspecified atom stereocenters. The van der Waals surface area contributed by atoms with E-state index < -0.39 is 0 Å². The fraction of sp³-hybridized carbons (Fsp3) is 0.444. The summed E-state index contributed by atoms with van der Waals surface area (Å²) in [5, 5.41) is 0. The van der Waals surface area contributed by atoms with Gasteiger partial charge in [-0.1, -0.05) is 24.3 Å². The highest BCUT2D eigenvalue weighted by Gasteiger charge is 2.30. The van der Waals surface area contributed by atoms with Crippen LogP contribution >= 0.6 is 0 Å². The molecule has 122 valence electrons. The number of hydrogen-bond donors (Lipinski definition) is 1. The molecule has 0 bridgehead atoms. The van der Waals surface area contributed by atoms with Crippen LogP contribution in [0.25, 0.3) is 0 Å². The van der Waals surface area contributed by atoms with Gasteiger partial charge in [-0.15, -0.1) is 0 Å². The van der Waals surface area contributed by atoms with Crippen molar-refractivity contribution in [2.45, 2.75) is 19.4 Å². The molecule has 5 nitrogen and oxygen atoms in total. The topological polar surface area (TPSA) is 52.2 Å². The number of amides is 1. The zero-order valence-corrected chi connectivity index (χ0v) is 13.8. The summed E-state index contributed by atoms with van der Waals surface area (Å²) in [7, 11) is 4.06. The molecule has 3 rings (SSSR count). The van der Waals surface area contributed by atoms with Crippen molar-refractivity contribution in [2.75, 3.05) is 27.2 Å². The van der Waals surface area contributed by atoms with E-state index >= 15 is 0 Å². The number of carbonyl (C=O) groups excluding carboxylic acids is 1. The molecule has 1 N–H and O–H groups in total. The molecule has 1 aromatic heterocycles. The van der Waals surface area contributed by atoms with E-state index in [9.17, 15) is 4.79 Å². The fourth-order valence-corrected chi connectivity index (χ4v) is 3.16. The monoisotopic (exact) mass is 312 g/mol. The summed E-state index contributed by atoms with van der Waals surface area (Å²) < 4.78 is 0. The van der Waals surface area contributed by atoms with Crippen LogP contribution in [0.1, 0.15) is 16.8 Å². The number of hydrogen-bond acceptors (Lipinski definition) is 3. The average molecular weight is 312 g/mol. The van der Waals surface area contributed by atoms with Gasteiger partial charge in [0.1, 0.15) is 0 Å². The summed E-state index contributed by atoms with van der Waals surface area (Å²) in [4.78, 5) is 24.3. The maximum atomic E-state index is 13.0. The van der Waals surface area contributed by atoms with Crippen LogP contribution in [-0.2, 0) is 24.2 Å². The summed E-state index contributed by atoms with van der Waals surface area (Å²) in [5.41, 5.74) is 3.62. The molecule has 0 atom stereocenters. The second-order valence-electron chi connectivity index (χ2n) is 6.51. The minimum absolute atomic E-state index is 0.0671. The van der Waals surface area contributed by atoms with E-state index in [2.05, 4.69) is 39.1 Å². The summed E-state index contributed by atoms with van der Waals surface area (Å²) in [6.45, 7) is 2.19. The fourth-order valence-electron chi connectivity index (χ4n) is 3.16. The molecule has 0 aliphatic heterocycles. The maximum absolute atomic E-state index is 13.0. The predicted octanol–water partition coefficient (Wildman–Crippen LogP) is 1.71. The summed E-state index contributed by atoms with van der Waals surface area (Å²) >= 11 is 0. The summed E-state index contributed by atoms with van der Waals surface area (Å²) in [6, 6.07) is 8.39. The van der Waals surface area contributed by atoms with Crippen LogP contribution in [0, 0.1) is 5.92 Å². The first-order chi connectivity index (χ1) is 11.1. The highest BCUT2D eigenvalue weighted by Crippen LogP contribution is 2.28. The third-order valence-corrected chi connectivity index (χ3v) is 4.45. The molecule has 0 saturated carbocycles. The third kappa shape index (κ3) is 3.79. The molecule has 1 aliphatic carbocycles. The van der Waals surface area contributed by atoms with Crippen molar-refractivity contribution >= 4 is 5.91 Å². The first kappa shape index (κ1) is 15.7. The number of fused-ring (bicyclic) bond motifs is 1. The molecule has 0 spiro atoms. The molecule has 1 aliphatic rings. The highest BCUT2D eigenvalue weighted by atomic mass is 16.2.